The molecule has 140 valence electrons. The van der Waals surface area contributed by atoms with Crippen molar-refractivity contribution in [3.05, 3.63) is 71.0 Å². The smallest absolute Gasteiger partial charge is 0.230 e. The summed E-state index contributed by atoms with van der Waals surface area (Å²) >= 11 is 7.20. The molecule has 27 heavy (non-hydrogen) atoms. The van der Waals surface area contributed by atoms with Crippen molar-refractivity contribution in [2.45, 2.75) is 18.3 Å². The Balaban J connectivity index is 1.63. The standard InChI is InChI=1S/C19H19ClN4O2S/c1-26-12-17-22-23-19(24(17)16-5-3-2-4-6-16)27-13-18(25)21-11-14-7-9-15(20)10-8-14/h2-10H,11-13H2,1H3,(H,21,25). The number of amides is 1. The topological polar surface area (TPSA) is 69.0 Å². The molecule has 1 heterocycles. The third kappa shape index (κ3) is 5.32. The van der Waals surface area contributed by atoms with Crippen LogP contribution in [0.15, 0.2) is 59.8 Å². The number of nitrogens with one attached hydrogen (secondary N) is 1. The lowest BCUT2D eigenvalue weighted by molar-refractivity contribution is -0.118. The maximum Gasteiger partial charge on any atom is 0.230 e. The predicted octanol–water partition coefficient (Wildman–Crippen LogP) is 3.48. The van der Waals surface area contributed by atoms with Crippen molar-refractivity contribution in [1.29, 1.82) is 0 Å². The number of rotatable bonds is 8. The van der Waals surface area contributed by atoms with E-state index in [1.54, 1.807) is 19.2 Å². The Labute approximate surface area is 166 Å². The molecule has 0 spiro atoms. The lowest BCUT2D eigenvalue weighted by Gasteiger charge is -2.10. The molecule has 6 nitrogen and oxygen atoms in total. The first-order chi connectivity index (χ1) is 13.2. The van der Waals surface area contributed by atoms with Crippen molar-refractivity contribution < 1.29 is 9.53 Å². The van der Waals surface area contributed by atoms with Crippen LogP contribution in [0.25, 0.3) is 5.69 Å². The van der Waals surface area contributed by atoms with E-state index in [2.05, 4.69) is 15.5 Å². The summed E-state index contributed by atoms with van der Waals surface area (Å²) in [5, 5.41) is 12.6. The molecular formula is C19H19ClN4O2S. The fourth-order valence-electron chi connectivity index (χ4n) is 2.44. The number of methoxy groups -OCH3 is 1. The third-order valence-electron chi connectivity index (χ3n) is 3.72. The van der Waals surface area contributed by atoms with Crippen LogP contribution >= 0.6 is 23.4 Å². The first kappa shape index (κ1) is 19.4. The molecule has 3 aromatic rings. The van der Waals surface area contributed by atoms with Crippen molar-refractivity contribution >= 4 is 29.3 Å². The zero-order valence-corrected chi connectivity index (χ0v) is 16.3. The molecule has 1 N–H and O–H groups in total. The van der Waals surface area contributed by atoms with Gasteiger partial charge in [-0.05, 0) is 29.8 Å². The number of nitrogens with zero attached hydrogens (tertiary/aromatic N) is 3. The van der Waals surface area contributed by atoms with Crippen LogP contribution in [0, 0.1) is 0 Å². The summed E-state index contributed by atoms with van der Waals surface area (Å²) in [6.07, 6.45) is 0. The molecule has 1 aromatic heterocycles. The molecule has 0 fully saturated rings. The summed E-state index contributed by atoms with van der Waals surface area (Å²) in [7, 11) is 1.61. The van der Waals surface area contributed by atoms with Crippen LogP contribution in [0.5, 0.6) is 0 Å². The fraction of sp³-hybridized carbons (Fsp3) is 0.211. The summed E-state index contributed by atoms with van der Waals surface area (Å²) in [6, 6.07) is 17.1. The minimum absolute atomic E-state index is 0.0779. The molecule has 0 unspecified atom stereocenters. The van der Waals surface area contributed by atoms with E-state index >= 15 is 0 Å². The summed E-state index contributed by atoms with van der Waals surface area (Å²) in [5.74, 6) is 0.851. The van der Waals surface area contributed by atoms with Crippen molar-refractivity contribution in [3.8, 4) is 5.69 Å². The van der Waals surface area contributed by atoms with Gasteiger partial charge < -0.3 is 10.1 Å². The zero-order chi connectivity index (χ0) is 19.1. The Bertz CT molecular complexity index is 884. The summed E-state index contributed by atoms with van der Waals surface area (Å²) in [4.78, 5) is 12.2. The van der Waals surface area contributed by atoms with Crippen LogP contribution in [0.2, 0.25) is 5.02 Å². The van der Waals surface area contributed by atoms with Crippen molar-refractivity contribution in [1.82, 2.24) is 20.1 Å². The molecule has 8 heteroatoms. The Kier molecular flexibility index (Phi) is 6.86. The van der Waals surface area contributed by atoms with Crippen LogP contribution < -0.4 is 5.32 Å². The minimum Gasteiger partial charge on any atom is -0.377 e. The third-order valence-corrected chi connectivity index (χ3v) is 4.90. The number of carbonyl (C=O) groups is 1. The predicted molar refractivity (Wildman–Crippen MR) is 106 cm³/mol. The van der Waals surface area contributed by atoms with E-state index < -0.39 is 0 Å². The zero-order valence-electron chi connectivity index (χ0n) is 14.8. The lowest BCUT2D eigenvalue weighted by atomic mass is 10.2. The monoisotopic (exact) mass is 402 g/mol. The van der Waals surface area contributed by atoms with Crippen LogP contribution in [-0.4, -0.2) is 33.5 Å². The highest BCUT2D eigenvalue weighted by atomic mass is 35.5. The molecule has 2 aromatic carbocycles. The van der Waals surface area contributed by atoms with E-state index in [9.17, 15) is 4.79 Å². The fourth-order valence-corrected chi connectivity index (χ4v) is 3.36. The van der Waals surface area contributed by atoms with Crippen LogP contribution in [0.3, 0.4) is 0 Å². The van der Waals surface area contributed by atoms with E-state index in [1.165, 1.54) is 11.8 Å². The number of ether oxygens (including phenoxy) is 1. The average Bonchev–Trinajstić information content (AvgIpc) is 3.09. The molecule has 0 saturated carbocycles. The van der Waals surface area contributed by atoms with E-state index in [0.717, 1.165) is 11.3 Å². The molecule has 1 amide bonds. The van der Waals surface area contributed by atoms with Gasteiger partial charge in [-0.2, -0.15) is 0 Å². The largest absolute Gasteiger partial charge is 0.377 e. The summed E-state index contributed by atoms with van der Waals surface area (Å²) in [6.45, 7) is 0.794. The van der Waals surface area contributed by atoms with E-state index in [0.29, 0.717) is 29.2 Å². The van der Waals surface area contributed by atoms with Gasteiger partial charge in [0.05, 0.1) is 5.75 Å². The van der Waals surface area contributed by atoms with Crippen molar-refractivity contribution in [2.75, 3.05) is 12.9 Å². The van der Waals surface area contributed by atoms with Gasteiger partial charge in [0.25, 0.3) is 0 Å². The lowest BCUT2D eigenvalue weighted by Crippen LogP contribution is -2.24. The van der Waals surface area contributed by atoms with Gasteiger partial charge in [0.1, 0.15) is 6.61 Å². The van der Waals surface area contributed by atoms with Gasteiger partial charge in [-0.3, -0.25) is 9.36 Å². The maximum atomic E-state index is 12.2. The number of benzene rings is 2. The highest BCUT2D eigenvalue weighted by molar-refractivity contribution is 7.99. The molecule has 0 aliphatic carbocycles. The summed E-state index contributed by atoms with van der Waals surface area (Å²) in [5.41, 5.74) is 1.92. The normalized spacial score (nSPS) is 10.7. The Hall–Kier alpha value is -2.35. The van der Waals surface area contributed by atoms with Crippen LogP contribution in [0.4, 0.5) is 0 Å². The second kappa shape index (κ2) is 9.55. The van der Waals surface area contributed by atoms with Crippen LogP contribution in [0.1, 0.15) is 11.4 Å². The molecule has 0 bridgehead atoms. The molecule has 0 aliphatic heterocycles. The number of carbonyl (C=O) groups excluding carboxylic acids is 1. The highest BCUT2D eigenvalue weighted by Crippen LogP contribution is 2.22. The first-order valence-electron chi connectivity index (χ1n) is 8.30. The Morgan fingerprint density at radius 3 is 2.59 bits per heavy atom. The number of hydrogen-bond acceptors (Lipinski definition) is 5. The maximum absolute atomic E-state index is 12.2. The Morgan fingerprint density at radius 2 is 1.89 bits per heavy atom. The van der Waals surface area contributed by atoms with Gasteiger partial charge in [-0.25, -0.2) is 0 Å². The average molecular weight is 403 g/mol. The summed E-state index contributed by atoms with van der Waals surface area (Å²) < 4.78 is 7.11. The molecular weight excluding hydrogens is 384 g/mol. The van der Waals surface area contributed by atoms with Crippen molar-refractivity contribution in [2.24, 2.45) is 0 Å². The molecule has 0 atom stereocenters. The quantitative estimate of drug-likeness (QED) is 0.584. The molecule has 3 rings (SSSR count). The van der Waals surface area contributed by atoms with Gasteiger partial charge in [-0.1, -0.05) is 53.7 Å². The van der Waals surface area contributed by atoms with Gasteiger partial charge in [0, 0.05) is 24.4 Å². The van der Waals surface area contributed by atoms with Gasteiger partial charge in [0.15, 0.2) is 11.0 Å². The number of aromatic nitrogens is 3. The Morgan fingerprint density at radius 1 is 1.15 bits per heavy atom. The van der Waals surface area contributed by atoms with Gasteiger partial charge in [-0.15, -0.1) is 10.2 Å². The first-order valence-corrected chi connectivity index (χ1v) is 9.66. The second-order valence-electron chi connectivity index (χ2n) is 5.69. The van der Waals surface area contributed by atoms with Crippen molar-refractivity contribution in [3.63, 3.8) is 0 Å². The number of hydrogen-bond donors (Lipinski definition) is 1. The molecule has 0 radical (unpaired) electrons. The molecule has 0 saturated heterocycles. The minimum atomic E-state index is -0.0779. The van der Waals surface area contributed by atoms with E-state index in [1.807, 2.05) is 47.0 Å². The van der Waals surface area contributed by atoms with E-state index in [-0.39, 0.29) is 11.7 Å². The van der Waals surface area contributed by atoms with E-state index in [4.69, 9.17) is 16.3 Å². The number of para-hydroxylation sites is 1. The highest BCUT2D eigenvalue weighted by Gasteiger charge is 2.15. The number of thioether (sulfide) groups is 1. The van der Waals surface area contributed by atoms with Crippen LogP contribution in [-0.2, 0) is 22.7 Å². The number of halogens is 1. The van der Waals surface area contributed by atoms with Gasteiger partial charge >= 0.3 is 0 Å². The molecule has 0 aliphatic rings. The second-order valence-corrected chi connectivity index (χ2v) is 7.07. The van der Waals surface area contributed by atoms with Gasteiger partial charge in [0.2, 0.25) is 5.91 Å². The SMILES string of the molecule is COCc1nnc(SCC(=O)NCc2ccc(Cl)cc2)n1-c1ccccc1.